The molecule has 20 heavy (non-hydrogen) atoms. The maximum absolute atomic E-state index is 11.5. The van der Waals surface area contributed by atoms with E-state index in [-0.39, 0.29) is 18.1 Å². The molecule has 0 aromatic heterocycles. The number of hydrogen-bond acceptors (Lipinski definition) is 4. The summed E-state index contributed by atoms with van der Waals surface area (Å²) >= 11 is 0. The Balaban J connectivity index is 2.28. The van der Waals surface area contributed by atoms with Gasteiger partial charge in [-0.25, -0.2) is 0 Å². The molecule has 0 saturated heterocycles. The zero-order chi connectivity index (χ0) is 15.0. The molecule has 1 aromatic rings. The topological polar surface area (TPSA) is 84.3 Å². The summed E-state index contributed by atoms with van der Waals surface area (Å²) in [6.45, 7) is 5.52. The van der Waals surface area contributed by atoms with Crippen molar-refractivity contribution in [3.8, 4) is 0 Å². The highest BCUT2D eigenvalue weighted by molar-refractivity contribution is 5.77. The minimum Gasteiger partial charge on any atom is -0.355 e. The maximum atomic E-state index is 11.5. The molecular weight excluding hydrogens is 258 g/mol. The van der Waals surface area contributed by atoms with Gasteiger partial charge in [0.15, 0.2) is 0 Å². The Hall–Kier alpha value is -1.95. The Morgan fingerprint density at radius 3 is 2.80 bits per heavy atom. The van der Waals surface area contributed by atoms with E-state index in [2.05, 4.69) is 24.5 Å². The molecule has 0 saturated carbocycles. The highest BCUT2D eigenvalue weighted by Crippen LogP contribution is 2.12. The zero-order valence-corrected chi connectivity index (χ0v) is 11.9. The summed E-state index contributed by atoms with van der Waals surface area (Å²) in [6.07, 6.45) is 0.955. The third kappa shape index (κ3) is 6.29. The van der Waals surface area contributed by atoms with Crippen LogP contribution in [0.3, 0.4) is 0 Å². The van der Waals surface area contributed by atoms with Crippen molar-refractivity contribution in [2.45, 2.75) is 26.8 Å². The lowest BCUT2D eigenvalue weighted by Gasteiger charge is -2.08. The molecule has 110 valence electrons. The first-order valence-corrected chi connectivity index (χ1v) is 6.69. The number of hydrogen-bond donors (Lipinski definition) is 2. The second-order valence-electron chi connectivity index (χ2n) is 5.06. The smallest absolute Gasteiger partial charge is 0.269 e. The van der Waals surface area contributed by atoms with Gasteiger partial charge in [-0.05, 0) is 17.9 Å². The first kappa shape index (κ1) is 16.1. The van der Waals surface area contributed by atoms with Crippen LogP contribution in [0.15, 0.2) is 24.3 Å². The summed E-state index contributed by atoms with van der Waals surface area (Å²) in [5, 5.41) is 16.4. The van der Waals surface area contributed by atoms with Gasteiger partial charge in [0.05, 0.1) is 11.5 Å². The van der Waals surface area contributed by atoms with Crippen LogP contribution in [-0.2, 0) is 11.3 Å². The predicted molar refractivity (Wildman–Crippen MR) is 77.3 cm³/mol. The first-order valence-electron chi connectivity index (χ1n) is 6.69. The van der Waals surface area contributed by atoms with Gasteiger partial charge < -0.3 is 10.6 Å². The van der Waals surface area contributed by atoms with Crippen LogP contribution >= 0.6 is 0 Å². The van der Waals surface area contributed by atoms with E-state index in [0.717, 1.165) is 12.0 Å². The number of non-ortho nitro benzene ring substituents is 1. The van der Waals surface area contributed by atoms with Gasteiger partial charge in [0.1, 0.15) is 0 Å². The second kappa shape index (κ2) is 8.27. The average molecular weight is 279 g/mol. The van der Waals surface area contributed by atoms with E-state index < -0.39 is 4.92 Å². The fourth-order valence-corrected chi connectivity index (χ4v) is 1.66. The van der Waals surface area contributed by atoms with Gasteiger partial charge in [0.25, 0.3) is 5.69 Å². The van der Waals surface area contributed by atoms with E-state index in [0.29, 0.717) is 19.0 Å². The van der Waals surface area contributed by atoms with Crippen LogP contribution in [0.2, 0.25) is 0 Å². The molecule has 0 unspecified atom stereocenters. The SMILES string of the molecule is CC(C)CCNC(=O)CNCc1cccc([N+](=O)[O-])c1. The van der Waals surface area contributed by atoms with E-state index in [1.54, 1.807) is 12.1 Å². The number of rotatable bonds is 8. The number of nitrogens with one attached hydrogen (secondary N) is 2. The number of nitrogens with zero attached hydrogens (tertiary/aromatic N) is 1. The molecule has 1 rings (SSSR count). The molecule has 0 fully saturated rings. The number of carbonyl (C=O) groups excluding carboxylic acids is 1. The second-order valence-corrected chi connectivity index (χ2v) is 5.06. The minimum absolute atomic E-state index is 0.0592. The van der Waals surface area contributed by atoms with E-state index in [1.807, 2.05) is 0 Å². The van der Waals surface area contributed by atoms with E-state index in [1.165, 1.54) is 12.1 Å². The van der Waals surface area contributed by atoms with Gasteiger partial charge in [-0.15, -0.1) is 0 Å². The van der Waals surface area contributed by atoms with E-state index >= 15 is 0 Å². The molecule has 0 spiro atoms. The lowest BCUT2D eigenvalue weighted by molar-refractivity contribution is -0.384. The van der Waals surface area contributed by atoms with Crippen molar-refractivity contribution in [3.05, 3.63) is 39.9 Å². The summed E-state index contributed by atoms with van der Waals surface area (Å²) in [5.41, 5.74) is 0.847. The molecule has 0 aliphatic heterocycles. The highest BCUT2D eigenvalue weighted by Gasteiger charge is 2.06. The molecular formula is C14H21N3O3. The van der Waals surface area contributed by atoms with Crippen molar-refractivity contribution in [2.75, 3.05) is 13.1 Å². The highest BCUT2D eigenvalue weighted by atomic mass is 16.6. The molecule has 0 aliphatic rings. The third-order valence-electron chi connectivity index (χ3n) is 2.78. The summed E-state index contributed by atoms with van der Waals surface area (Å²) in [7, 11) is 0. The third-order valence-corrected chi connectivity index (χ3v) is 2.78. The number of nitro groups is 1. The van der Waals surface area contributed by atoms with Crippen LogP contribution in [0, 0.1) is 16.0 Å². The maximum Gasteiger partial charge on any atom is 0.269 e. The Morgan fingerprint density at radius 2 is 2.15 bits per heavy atom. The number of carbonyl (C=O) groups is 1. The zero-order valence-electron chi connectivity index (χ0n) is 11.9. The largest absolute Gasteiger partial charge is 0.355 e. The van der Waals surface area contributed by atoms with Crippen LogP contribution in [0.1, 0.15) is 25.8 Å². The molecule has 0 bridgehead atoms. The molecule has 0 aliphatic carbocycles. The molecule has 1 aromatic carbocycles. The number of amides is 1. The van der Waals surface area contributed by atoms with Gasteiger partial charge in [-0.2, -0.15) is 0 Å². The lowest BCUT2D eigenvalue weighted by Crippen LogP contribution is -2.34. The lowest BCUT2D eigenvalue weighted by atomic mass is 10.1. The first-order chi connectivity index (χ1) is 9.49. The van der Waals surface area contributed by atoms with Gasteiger partial charge in [-0.3, -0.25) is 14.9 Å². The summed E-state index contributed by atoms with van der Waals surface area (Å²) < 4.78 is 0. The molecule has 2 N–H and O–H groups in total. The van der Waals surface area contributed by atoms with Crippen LogP contribution in [-0.4, -0.2) is 23.9 Å². The van der Waals surface area contributed by atoms with Crippen molar-refractivity contribution in [3.63, 3.8) is 0 Å². The molecule has 6 heteroatoms. The van der Waals surface area contributed by atoms with E-state index in [4.69, 9.17) is 0 Å². The fraction of sp³-hybridized carbons (Fsp3) is 0.500. The van der Waals surface area contributed by atoms with Crippen molar-refractivity contribution < 1.29 is 9.72 Å². The van der Waals surface area contributed by atoms with Crippen molar-refractivity contribution in [2.24, 2.45) is 5.92 Å². The molecule has 0 atom stereocenters. The van der Waals surface area contributed by atoms with Crippen LogP contribution in [0.4, 0.5) is 5.69 Å². The van der Waals surface area contributed by atoms with Gasteiger partial charge in [-0.1, -0.05) is 26.0 Å². The molecule has 0 heterocycles. The Labute approximate surface area is 118 Å². The van der Waals surface area contributed by atoms with Crippen LogP contribution in [0.25, 0.3) is 0 Å². The standard InChI is InChI=1S/C14H21N3O3/c1-11(2)6-7-16-14(18)10-15-9-12-4-3-5-13(8-12)17(19)20/h3-5,8,11,15H,6-7,9-10H2,1-2H3,(H,16,18). The Morgan fingerprint density at radius 1 is 1.40 bits per heavy atom. The summed E-state index contributed by atoms with van der Waals surface area (Å²) in [6, 6.07) is 6.38. The van der Waals surface area contributed by atoms with E-state index in [9.17, 15) is 14.9 Å². The Bertz CT molecular complexity index is 461. The number of benzene rings is 1. The number of nitro benzene ring substituents is 1. The van der Waals surface area contributed by atoms with Gasteiger partial charge in [0.2, 0.25) is 5.91 Å². The average Bonchev–Trinajstić information content (AvgIpc) is 2.38. The molecule has 6 nitrogen and oxygen atoms in total. The predicted octanol–water partition coefficient (Wildman–Crippen LogP) is 1.85. The van der Waals surface area contributed by atoms with Crippen molar-refractivity contribution >= 4 is 11.6 Å². The quantitative estimate of drug-likeness (QED) is 0.562. The van der Waals surface area contributed by atoms with Gasteiger partial charge >= 0.3 is 0 Å². The van der Waals surface area contributed by atoms with Crippen molar-refractivity contribution in [1.29, 1.82) is 0 Å². The van der Waals surface area contributed by atoms with Crippen LogP contribution < -0.4 is 10.6 Å². The van der Waals surface area contributed by atoms with Gasteiger partial charge in [0, 0.05) is 25.2 Å². The minimum atomic E-state index is -0.428. The van der Waals surface area contributed by atoms with Crippen LogP contribution in [0.5, 0.6) is 0 Å². The normalized spacial score (nSPS) is 10.6. The summed E-state index contributed by atoms with van der Waals surface area (Å²) in [4.78, 5) is 21.7. The monoisotopic (exact) mass is 279 g/mol. The Kier molecular flexibility index (Phi) is 6.66. The van der Waals surface area contributed by atoms with Crippen molar-refractivity contribution in [1.82, 2.24) is 10.6 Å². The molecule has 0 radical (unpaired) electrons. The fourth-order valence-electron chi connectivity index (χ4n) is 1.66. The molecule has 1 amide bonds. The summed E-state index contributed by atoms with van der Waals surface area (Å²) in [5.74, 6) is 0.504.